The molecule has 20 heavy (non-hydrogen) atoms. The number of halogens is 1. The molecule has 1 aromatic rings. The third-order valence-corrected chi connectivity index (χ3v) is 3.23. The number of piperazine rings is 1. The van der Waals surface area contributed by atoms with Gasteiger partial charge in [-0.1, -0.05) is 12.1 Å². The van der Waals surface area contributed by atoms with Gasteiger partial charge < -0.3 is 15.0 Å². The summed E-state index contributed by atoms with van der Waals surface area (Å²) in [5, 5.41) is 2.61. The van der Waals surface area contributed by atoms with E-state index in [2.05, 4.69) is 5.32 Å². The molecular weight excluding hydrogens is 263 g/mol. The second kappa shape index (κ2) is 5.11. The van der Waals surface area contributed by atoms with Crippen molar-refractivity contribution in [1.82, 2.24) is 10.2 Å². The predicted molar refractivity (Wildman–Crippen MR) is 70.6 cm³/mol. The lowest BCUT2D eigenvalue weighted by atomic mass is 10.00. The Morgan fingerprint density at radius 1 is 1.40 bits per heavy atom. The maximum Gasteiger partial charge on any atom is 0.248 e. The summed E-state index contributed by atoms with van der Waals surface area (Å²) in [6.45, 7) is 3.22. The first-order chi connectivity index (χ1) is 9.35. The Labute approximate surface area is 116 Å². The van der Waals surface area contributed by atoms with Crippen LogP contribution < -0.4 is 10.1 Å². The molecule has 0 bridgehead atoms. The molecule has 1 aliphatic rings. The first kappa shape index (κ1) is 14.3. The number of hydrogen-bond acceptors (Lipinski definition) is 3. The minimum absolute atomic E-state index is 0.0404. The topological polar surface area (TPSA) is 58.6 Å². The fourth-order valence-corrected chi connectivity index (χ4v) is 2.25. The maximum absolute atomic E-state index is 14.1. The van der Waals surface area contributed by atoms with E-state index in [-0.39, 0.29) is 30.7 Å². The van der Waals surface area contributed by atoms with Crippen LogP contribution in [0.25, 0.3) is 0 Å². The molecule has 1 saturated heterocycles. The molecule has 0 aromatic heterocycles. The molecule has 1 N–H and O–H groups in total. The van der Waals surface area contributed by atoms with Gasteiger partial charge in [-0.3, -0.25) is 9.59 Å². The number of amides is 2. The second-order valence-electron chi connectivity index (χ2n) is 5.27. The number of nitrogens with zero attached hydrogens (tertiary/aromatic N) is 1. The van der Waals surface area contributed by atoms with Gasteiger partial charge in [-0.2, -0.15) is 0 Å². The zero-order valence-corrected chi connectivity index (χ0v) is 11.7. The summed E-state index contributed by atoms with van der Waals surface area (Å²) >= 11 is 0. The molecular formula is C14H17FN2O3. The van der Waals surface area contributed by atoms with Gasteiger partial charge in [0.1, 0.15) is 5.54 Å². The average Bonchev–Trinajstić information content (AvgIpc) is 2.37. The van der Waals surface area contributed by atoms with Crippen LogP contribution in [0, 0.1) is 5.82 Å². The van der Waals surface area contributed by atoms with Gasteiger partial charge in [0.05, 0.1) is 13.7 Å². The van der Waals surface area contributed by atoms with Gasteiger partial charge >= 0.3 is 0 Å². The second-order valence-corrected chi connectivity index (χ2v) is 5.27. The number of ether oxygens (including phenoxy) is 1. The number of methoxy groups -OCH3 is 1. The van der Waals surface area contributed by atoms with Crippen molar-refractivity contribution >= 4 is 11.8 Å². The monoisotopic (exact) mass is 280 g/mol. The van der Waals surface area contributed by atoms with E-state index < -0.39 is 11.4 Å². The normalized spacial score (nSPS) is 17.9. The molecule has 0 aliphatic carbocycles. The number of benzene rings is 1. The van der Waals surface area contributed by atoms with Crippen LogP contribution in [-0.4, -0.2) is 35.9 Å². The molecule has 5 nitrogen and oxygen atoms in total. The van der Waals surface area contributed by atoms with E-state index in [4.69, 9.17) is 4.74 Å². The number of nitrogens with one attached hydrogen (secondary N) is 1. The highest BCUT2D eigenvalue weighted by atomic mass is 19.1. The Morgan fingerprint density at radius 3 is 2.75 bits per heavy atom. The molecule has 1 fully saturated rings. The Hall–Kier alpha value is -2.11. The molecule has 2 amide bonds. The SMILES string of the molecule is COc1cccc(CN2CC(=O)NC(C)(C)C2=O)c1F. The minimum atomic E-state index is -0.968. The summed E-state index contributed by atoms with van der Waals surface area (Å²) in [5.41, 5.74) is -0.645. The standard InChI is InChI=1S/C14H17FN2O3/c1-14(2)13(19)17(8-11(18)16-14)7-9-5-4-6-10(20-3)12(9)15/h4-6H,7-8H2,1-3H3,(H,16,18). The summed E-state index contributed by atoms with van der Waals surface area (Å²) in [6.07, 6.45) is 0. The Morgan fingerprint density at radius 2 is 2.10 bits per heavy atom. The third-order valence-electron chi connectivity index (χ3n) is 3.23. The van der Waals surface area contributed by atoms with Crippen molar-refractivity contribution in [3.8, 4) is 5.75 Å². The van der Waals surface area contributed by atoms with Crippen molar-refractivity contribution in [2.45, 2.75) is 25.9 Å². The summed E-state index contributed by atoms with van der Waals surface area (Å²) in [6, 6.07) is 4.73. The van der Waals surface area contributed by atoms with Crippen LogP contribution in [0.4, 0.5) is 4.39 Å². The fourth-order valence-electron chi connectivity index (χ4n) is 2.25. The van der Waals surface area contributed by atoms with Crippen molar-refractivity contribution in [1.29, 1.82) is 0 Å². The number of hydrogen-bond donors (Lipinski definition) is 1. The van der Waals surface area contributed by atoms with E-state index in [0.29, 0.717) is 5.56 Å². The summed E-state index contributed by atoms with van der Waals surface area (Å²) in [4.78, 5) is 25.2. The van der Waals surface area contributed by atoms with Gasteiger partial charge in [-0.05, 0) is 19.9 Å². The van der Waals surface area contributed by atoms with E-state index >= 15 is 0 Å². The van der Waals surface area contributed by atoms with E-state index in [0.717, 1.165) is 0 Å². The molecule has 0 spiro atoms. The van der Waals surface area contributed by atoms with Gasteiger partial charge in [0.2, 0.25) is 11.8 Å². The lowest BCUT2D eigenvalue weighted by molar-refractivity contribution is -0.149. The first-order valence-electron chi connectivity index (χ1n) is 6.27. The summed E-state index contributed by atoms with van der Waals surface area (Å²) < 4.78 is 19.0. The highest BCUT2D eigenvalue weighted by molar-refractivity contribution is 5.97. The van der Waals surface area contributed by atoms with Crippen molar-refractivity contribution in [2.24, 2.45) is 0 Å². The van der Waals surface area contributed by atoms with Gasteiger partial charge in [-0.25, -0.2) is 4.39 Å². The van der Waals surface area contributed by atoms with Crippen molar-refractivity contribution in [3.63, 3.8) is 0 Å². The van der Waals surface area contributed by atoms with Crippen LogP contribution >= 0.6 is 0 Å². The van der Waals surface area contributed by atoms with E-state index in [1.54, 1.807) is 26.0 Å². The predicted octanol–water partition coefficient (Wildman–Crippen LogP) is 1.07. The average molecular weight is 280 g/mol. The molecule has 1 aromatic carbocycles. The smallest absolute Gasteiger partial charge is 0.248 e. The summed E-state index contributed by atoms with van der Waals surface area (Å²) in [5.74, 6) is -0.875. The van der Waals surface area contributed by atoms with Crippen molar-refractivity contribution < 1.29 is 18.7 Å². The minimum Gasteiger partial charge on any atom is -0.494 e. The zero-order valence-electron chi connectivity index (χ0n) is 11.7. The zero-order chi connectivity index (χ0) is 14.9. The third kappa shape index (κ3) is 2.59. The lowest BCUT2D eigenvalue weighted by Crippen LogP contribution is -2.63. The van der Waals surface area contributed by atoms with Crippen LogP contribution in [0.2, 0.25) is 0 Å². The van der Waals surface area contributed by atoms with E-state index in [9.17, 15) is 14.0 Å². The molecule has 0 saturated carbocycles. The highest BCUT2D eigenvalue weighted by Crippen LogP contribution is 2.23. The van der Waals surface area contributed by atoms with Crippen LogP contribution in [0.5, 0.6) is 5.75 Å². The highest BCUT2D eigenvalue weighted by Gasteiger charge is 2.39. The molecule has 108 valence electrons. The van der Waals surface area contributed by atoms with E-state index in [1.165, 1.54) is 18.1 Å². The van der Waals surface area contributed by atoms with Crippen LogP contribution in [-0.2, 0) is 16.1 Å². The number of carbonyl (C=O) groups excluding carboxylic acids is 2. The first-order valence-corrected chi connectivity index (χ1v) is 6.27. The Bertz CT molecular complexity index is 557. The van der Waals surface area contributed by atoms with Crippen LogP contribution in [0.15, 0.2) is 18.2 Å². The van der Waals surface area contributed by atoms with Crippen molar-refractivity contribution in [3.05, 3.63) is 29.6 Å². The maximum atomic E-state index is 14.1. The van der Waals surface area contributed by atoms with Crippen LogP contribution in [0.3, 0.4) is 0 Å². The Balaban J connectivity index is 2.25. The van der Waals surface area contributed by atoms with Gasteiger partial charge in [0.15, 0.2) is 11.6 Å². The van der Waals surface area contributed by atoms with Crippen LogP contribution in [0.1, 0.15) is 19.4 Å². The quantitative estimate of drug-likeness (QED) is 0.901. The van der Waals surface area contributed by atoms with Gasteiger partial charge in [-0.15, -0.1) is 0 Å². The molecule has 0 radical (unpaired) electrons. The fraction of sp³-hybridized carbons (Fsp3) is 0.429. The van der Waals surface area contributed by atoms with Crippen molar-refractivity contribution in [2.75, 3.05) is 13.7 Å². The molecule has 1 aliphatic heterocycles. The molecule has 1 heterocycles. The molecule has 0 unspecified atom stereocenters. The van der Waals surface area contributed by atoms with Gasteiger partial charge in [0, 0.05) is 12.1 Å². The molecule has 6 heteroatoms. The lowest BCUT2D eigenvalue weighted by Gasteiger charge is -2.37. The largest absolute Gasteiger partial charge is 0.494 e. The molecule has 0 atom stereocenters. The van der Waals surface area contributed by atoms with Gasteiger partial charge in [0.25, 0.3) is 0 Å². The number of rotatable bonds is 3. The Kier molecular flexibility index (Phi) is 3.65. The number of carbonyl (C=O) groups is 2. The molecule has 2 rings (SSSR count). The summed E-state index contributed by atoms with van der Waals surface area (Å²) in [7, 11) is 1.38. The van der Waals surface area contributed by atoms with E-state index in [1.807, 2.05) is 0 Å².